The number of nitrogens with one attached hydrogen (secondary N) is 1. The highest BCUT2D eigenvalue weighted by Crippen LogP contribution is 2.16. The molecule has 1 heterocycles. The van der Waals surface area contributed by atoms with Gasteiger partial charge in [-0.1, -0.05) is 6.07 Å². The quantitative estimate of drug-likeness (QED) is 0.847. The number of halogens is 1. The van der Waals surface area contributed by atoms with E-state index in [2.05, 4.69) is 5.32 Å². The van der Waals surface area contributed by atoms with E-state index < -0.39 is 0 Å². The highest BCUT2D eigenvalue weighted by atomic mass is 19.1. The van der Waals surface area contributed by atoms with Gasteiger partial charge in [-0.05, 0) is 37.6 Å². The number of anilines is 1. The number of hydrogen-bond acceptors (Lipinski definition) is 3. The molecular formula is C13H17FN2O2. The van der Waals surface area contributed by atoms with Crippen molar-refractivity contribution in [2.75, 3.05) is 25.0 Å². The minimum Gasteiger partial charge on any atom is -0.395 e. The molecule has 0 aliphatic carbocycles. The van der Waals surface area contributed by atoms with Crippen LogP contribution in [0.2, 0.25) is 0 Å². The van der Waals surface area contributed by atoms with Gasteiger partial charge in [0, 0.05) is 11.7 Å². The van der Waals surface area contributed by atoms with E-state index in [0.717, 1.165) is 19.4 Å². The first-order chi connectivity index (χ1) is 8.69. The summed E-state index contributed by atoms with van der Waals surface area (Å²) < 4.78 is 12.9. The van der Waals surface area contributed by atoms with Gasteiger partial charge < -0.3 is 10.4 Å². The van der Waals surface area contributed by atoms with Crippen LogP contribution in [0.3, 0.4) is 0 Å². The number of aliphatic hydroxyl groups is 1. The van der Waals surface area contributed by atoms with Gasteiger partial charge in [0.25, 0.3) is 0 Å². The topological polar surface area (TPSA) is 52.6 Å². The Kier molecular flexibility index (Phi) is 4.28. The fourth-order valence-corrected chi connectivity index (χ4v) is 2.26. The number of benzene rings is 1. The second-order valence-electron chi connectivity index (χ2n) is 4.51. The molecule has 2 rings (SSSR count). The predicted octanol–water partition coefficient (Wildman–Crippen LogP) is 1.22. The largest absolute Gasteiger partial charge is 0.395 e. The Morgan fingerprint density at radius 3 is 3.11 bits per heavy atom. The van der Waals surface area contributed by atoms with Crippen LogP contribution in [-0.2, 0) is 4.79 Å². The molecule has 1 saturated heterocycles. The number of nitrogens with zero attached hydrogens (tertiary/aromatic N) is 1. The van der Waals surface area contributed by atoms with Gasteiger partial charge >= 0.3 is 0 Å². The Bertz CT molecular complexity index is 425. The van der Waals surface area contributed by atoms with E-state index >= 15 is 0 Å². The first-order valence-corrected chi connectivity index (χ1v) is 6.09. The summed E-state index contributed by atoms with van der Waals surface area (Å²) in [5.41, 5.74) is 0.458. The van der Waals surface area contributed by atoms with Crippen molar-refractivity contribution in [2.45, 2.75) is 18.9 Å². The first kappa shape index (κ1) is 13.0. The van der Waals surface area contributed by atoms with Crippen LogP contribution in [0.5, 0.6) is 0 Å². The Labute approximate surface area is 105 Å². The number of hydrogen-bond donors (Lipinski definition) is 2. The second kappa shape index (κ2) is 5.93. The van der Waals surface area contributed by atoms with Crippen molar-refractivity contribution in [2.24, 2.45) is 0 Å². The molecule has 4 nitrogen and oxygen atoms in total. The van der Waals surface area contributed by atoms with Crippen molar-refractivity contribution >= 4 is 11.6 Å². The average molecular weight is 252 g/mol. The SMILES string of the molecule is O=C(CN1CCC[C@H]1CO)Nc1cccc(F)c1. The van der Waals surface area contributed by atoms with E-state index in [0.29, 0.717) is 5.69 Å². The molecule has 2 N–H and O–H groups in total. The number of carbonyl (C=O) groups is 1. The van der Waals surface area contributed by atoms with Crippen LogP contribution >= 0.6 is 0 Å². The van der Waals surface area contributed by atoms with Gasteiger partial charge in [-0.2, -0.15) is 0 Å². The summed E-state index contributed by atoms with van der Waals surface area (Å²) >= 11 is 0. The van der Waals surface area contributed by atoms with Gasteiger partial charge in [0.05, 0.1) is 13.2 Å². The Hall–Kier alpha value is -1.46. The minimum atomic E-state index is -0.373. The van der Waals surface area contributed by atoms with E-state index in [1.807, 2.05) is 4.90 Å². The van der Waals surface area contributed by atoms with Gasteiger partial charge in [-0.3, -0.25) is 9.69 Å². The van der Waals surface area contributed by atoms with E-state index in [-0.39, 0.29) is 30.9 Å². The zero-order chi connectivity index (χ0) is 13.0. The third kappa shape index (κ3) is 3.27. The van der Waals surface area contributed by atoms with Crippen LogP contribution in [0.4, 0.5) is 10.1 Å². The summed E-state index contributed by atoms with van der Waals surface area (Å²) in [6, 6.07) is 5.89. The van der Waals surface area contributed by atoms with Crippen molar-refractivity contribution in [1.29, 1.82) is 0 Å². The van der Waals surface area contributed by atoms with E-state index in [4.69, 9.17) is 5.11 Å². The standard InChI is InChI=1S/C13H17FN2O2/c14-10-3-1-4-11(7-10)15-13(18)8-16-6-2-5-12(16)9-17/h1,3-4,7,12,17H,2,5-6,8-9H2,(H,15,18)/t12-/m0/s1. The normalized spacial score (nSPS) is 20.0. The zero-order valence-electron chi connectivity index (χ0n) is 10.1. The minimum absolute atomic E-state index is 0.0725. The lowest BCUT2D eigenvalue weighted by Gasteiger charge is -2.21. The van der Waals surface area contributed by atoms with Crippen LogP contribution in [0, 0.1) is 5.82 Å². The molecule has 0 unspecified atom stereocenters. The molecular weight excluding hydrogens is 235 g/mol. The number of carbonyl (C=O) groups excluding carboxylic acids is 1. The lowest BCUT2D eigenvalue weighted by Crippen LogP contribution is -2.38. The number of amides is 1. The van der Waals surface area contributed by atoms with Crippen molar-refractivity contribution in [3.63, 3.8) is 0 Å². The fourth-order valence-electron chi connectivity index (χ4n) is 2.26. The van der Waals surface area contributed by atoms with Crippen LogP contribution in [0.25, 0.3) is 0 Å². The summed E-state index contributed by atoms with van der Waals surface area (Å²) in [4.78, 5) is 13.7. The number of likely N-dealkylation sites (tertiary alicyclic amines) is 1. The molecule has 1 atom stereocenters. The van der Waals surface area contributed by atoms with Crippen molar-refractivity contribution in [1.82, 2.24) is 4.90 Å². The van der Waals surface area contributed by atoms with Crippen LogP contribution in [0.1, 0.15) is 12.8 Å². The lowest BCUT2D eigenvalue weighted by atomic mass is 10.2. The van der Waals surface area contributed by atoms with E-state index in [9.17, 15) is 9.18 Å². The highest BCUT2D eigenvalue weighted by molar-refractivity contribution is 5.92. The Morgan fingerprint density at radius 2 is 2.39 bits per heavy atom. The van der Waals surface area contributed by atoms with E-state index in [1.165, 1.54) is 12.1 Å². The third-order valence-corrected chi connectivity index (χ3v) is 3.16. The van der Waals surface area contributed by atoms with Crippen LogP contribution in [0.15, 0.2) is 24.3 Å². The first-order valence-electron chi connectivity index (χ1n) is 6.09. The Balaban J connectivity index is 1.89. The molecule has 98 valence electrons. The molecule has 0 radical (unpaired) electrons. The highest BCUT2D eigenvalue weighted by Gasteiger charge is 2.25. The van der Waals surface area contributed by atoms with Crippen molar-refractivity contribution in [3.8, 4) is 0 Å². The molecule has 1 aromatic carbocycles. The van der Waals surface area contributed by atoms with E-state index in [1.54, 1.807) is 12.1 Å². The summed E-state index contributed by atoms with van der Waals surface area (Å²) in [6.07, 6.45) is 1.92. The smallest absolute Gasteiger partial charge is 0.238 e. The maximum atomic E-state index is 12.9. The summed E-state index contributed by atoms with van der Waals surface area (Å²) in [7, 11) is 0. The number of rotatable bonds is 4. The van der Waals surface area contributed by atoms with Crippen LogP contribution < -0.4 is 5.32 Å². The number of aliphatic hydroxyl groups excluding tert-OH is 1. The van der Waals surface area contributed by atoms with Gasteiger partial charge in [0.15, 0.2) is 0 Å². The van der Waals surface area contributed by atoms with Gasteiger partial charge in [0.2, 0.25) is 5.91 Å². The summed E-state index contributed by atoms with van der Waals surface area (Å²) in [5, 5.41) is 11.8. The maximum Gasteiger partial charge on any atom is 0.238 e. The molecule has 0 bridgehead atoms. The van der Waals surface area contributed by atoms with Crippen molar-refractivity contribution in [3.05, 3.63) is 30.1 Å². The maximum absolute atomic E-state index is 12.9. The molecule has 1 aliphatic rings. The van der Waals surface area contributed by atoms with Gasteiger partial charge in [-0.25, -0.2) is 4.39 Å². The fraction of sp³-hybridized carbons (Fsp3) is 0.462. The molecule has 1 aromatic rings. The molecule has 1 fully saturated rings. The second-order valence-corrected chi connectivity index (χ2v) is 4.51. The monoisotopic (exact) mass is 252 g/mol. The molecule has 0 aromatic heterocycles. The molecule has 5 heteroatoms. The average Bonchev–Trinajstić information content (AvgIpc) is 2.76. The molecule has 1 aliphatic heterocycles. The Morgan fingerprint density at radius 1 is 1.56 bits per heavy atom. The summed E-state index contributed by atoms with van der Waals surface area (Å²) in [6.45, 7) is 1.14. The summed E-state index contributed by atoms with van der Waals surface area (Å²) in [5.74, 6) is -0.553. The van der Waals surface area contributed by atoms with Crippen molar-refractivity contribution < 1.29 is 14.3 Å². The van der Waals surface area contributed by atoms with Crippen LogP contribution in [-0.4, -0.2) is 41.7 Å². The molecule has 18 heavy (non-hydrogen) atoms. The molecule has 0 spiro atoms. The zero-order valence-corrected chi connectivity index (χ0v) is 10.1. The van der Waals surface area contributed by atoms with Gasteiger partial charge in [-0.15, -0.1) is 0 Å². The predicted molar refractivity (Wildman–Crippen MR) is 66.7 cm³/mol. The molecule has 0 saturated carbocycles. The third-order valence-electron chi connectivity index (χ3n) is 3.16. The van der Waals surface area contributed by atoms with Gasteiger partial charge in [0.1, 0.15) is 5.82 Å². The lowest BCUT2D eigenvalue weighted by molar-refractivity contribution is -0.117. The molecule has 1 amide bonds.